The summed E-state index contributed by atoms with van der Waals surface area (Å²) in [6.07, 6.45) is 2.03. The number of hydrogen-bond acceptors (Lipinski definition) is 2. The van der Waals surface area contributed by atoms with E-state index in [0.717, 1.165) is 19.0 Å². The average Bonchev–Trinajstić information content (AvgIpc) is 2.95. The Hall–Kier alpha value is -1.77. The Labute approximate surface area is 165 Å². The van der Waals surface area contributed by atoms with Crippen LogP contribution in [0, 0.1) is 5.82 Å². The van der Waals surface area contributed by atoms with Crippen LogP contribution in [0.25, 0.3) is 0 Å². The largest absolute Gasteiger partial charge is 0.492 e. The Bertz CT molecular complexity index is 675. The molecule has 0 aliphatic carbocycles. The Morgan fingerprint density at radius 1 is 1.32 bits per heavy atom. The van der Waals surface area contributed by atoms with Gasteiger partial charge < -0.3 is 19.5 Å². The van der Waals surface area contributed by atoms with Crippen LogP contribution in [0.15, 0.2) is 47.6 Å². The van der Waals surface area contributed by atoms with E-state index in [1.807, 2.05) is 33.3 Å². The van der Waals surface area contributed by atoms with Crippen LogP contribution in [0.2, 0.25) is 0 Å². The summed E-state index contributed by atoms with van der Waals surface area (Å²) in [5.41, 5.74) is 1.21. The zero-order valence-electron chi connectivity index (χ0n) is 14.9. The highest BCUT2D eigenvalue weighted by Gasteiger charge is 2.08. The molecule has 7 heteroatoms. The van der Waals surface area contributed by atoms with E-state index < -0.39 is 0 Å². The summed E-state index contributed by atoms with van der Waals surface area (Å²) < 4.78 is 20.7. The fraction of sp³-hybridized carbons (Fsp3) is 0.389. The van der Waals surface area contributed by atoms with Crippen molar-refractivity contribution in [3.8, 4) is 5.75 Å². The number of benzene rings is 1. The summed E-state index contributed by atoms with van der Waals surface area (Å²) in [4.78, 5) is 6.63. The van der Waals surface area contributed by atoms with Gasteiger partial charge in [-0.05, 0) is 31.2 Å². The van der Waals surface area contributed by atoms with Crippen LogP contribution in [0.5, 0.6) is 5.75 Å². The van der Waals surface area contributed by atoms with Crippen LogP contribution in [-0.2, 0) is 13.6 Å². The first-order valence-corrected chi connectivity index (χ1v) is 8.08. The van der Waals surface area contributed by atoms with Gasteiger partial charge in [0.25, 0.3) is 0 Å². The van der Waals surface area contributed by atoms with Gasteiger partial charge in [-0.25, -0.2) is 9.38 Å². The fourth-order valence-corrected chi connectivity index (χ4v) is 2.32. The van der Waals surface area contributed by atoms with Gasteiger partial charge in [0.05, 0.1) is 13.1 Å². The van der Waals surface area contributed by atoms with Gasteiger partial charge in [0.1, 0.15) is 18.2 Å². The van der Waals surface area contributed by atoms with Crippen LogP contribution in [0.3, 0.4) is 0 Å². The maximum Gasteiger partial charge on any atom is 0.194 e. The SMILES string of the molecule is CCNC(=NCCOc1cccc(F)c1)N(C)Cc1cccn1C.I. The molecule has 0 saturated heterocycles. The summed E-state index contributed by atoms with van der Waals surface area (Å²) in [7, 11) is 4.03. The Balaban J connectivity index is 0.00000312. The summed E-state index contributed by atoms with van der Waals surface area (Å²) >= 11 is 0. The number of ether oxygens (including phenoxy) is 1. The first kappa shape index (κ1) is 21.3. The average molecular weight is 460 g/mol. The van der Waals surface area contributed by atoms with E-state index in [-0.39, 0.29) is 29.8 Å². The van der Waals surface area contributed by atoms with Gasteiger partial charge in [-0.15, -0.1) is 24.0 Å². The molecule has 0 atom stereocenters. The van der Waals surface area contributed by atoms with Crippen molar-refractivity contribution in [2.75, 3.05) is 26.7 Å². The van der Waals surface area contributed by atoms with E-state index in [9.17, 15) is 4.39 Å². The van der Waals surface area contributed by atoms with Gasteiger partial charge in [-0.2, -0.15) is 0 Å². The number of aryl methyl sites for hydroxylation is 1. The lowest BCUT2D eigenvalue weighted by atomic mass is 10.3. The van der Waals surface area contributed by atoms with Crippen molar-refractivity contribution >= 4 is 29.9 Å². The molecular weight excluding hydrogens is 434 g/mol. The molecule has 0 unspecified atom stereocenters. The third-order valence-electron chi connectivity index (χ3n) is 3.56. The van der Waals surface area contributed by atoms with Crippen molar-refractivity contribution in [3.05, 3.63) is 54.1 Å². The number of aliphatic imine (C=N–C) groups is 1. The summed E-state index contributed by atoms with van der Waals surface area (Å²) in [5.74, 6) is 1.04. The van der Waals surface area contributed by atoms with E-state index in [1.54, 1.807) is 12.1 Å². The van der Waals surface area contributed by atoms with Crippen molar-refractivity contribution < 1.29 is 9.13 Å². The third-order valence-corrected chi connectivity index (χ3v) is 3.56. The Morgan fingerprint density at radius 2 is 2.12 bits per heavy atom. The molecule has 0 radical (unpaired) electrons. The first-order valence-electron chi connectivity index (χ1n) is 8.08. The van der Waals surface area contributed by atoms with Gasteiger partial charge in [-0.1, -0.05) is 6.07 Å². The molecule has 0 amide bonds. The van der Waals surface area contributed by atoms with E-state index >= 15 is 0 Å². The monoisotopic (exact) mass is 460 g/mol. The lowest BCUT2D eigenvalue weighted by Gasteiger charge is -2.22. The predicted octanol–water partition coefficient (Wildman–Crippen LogP) is 3.26. The summed E-state index contributed by atoms with van der Waals surface area (Å²) in [6.45, 7) is 4.49. The zero-order valence-corrected chi connectivity index (χ0v) is 17.2. The van der Waals surface area contributed by atoms with Crippen LogP contribution in [-0.4, -0.2) is 42.2 Å². The van der Waals surface area contributed by atoms with Crippen molar-refractivity contribution in [2.24, 2.45) is 12.0 Å². The lowest BCUT2D eigenvalue weighted by Crippen LogP contribution is -2.39. The smallest absolute Gasteiger partial charge is 0.194 e. The third kappa shape index (κ3) is 6.93. The summed E-state index contributed by atoms with van der Waals surface area (Å²) in [6, 6.07) is 10.3. The highest BCUT2D eigenvalue weighted by molar-refractivity contribution is 14.0. The van der Waals surface area contributed by atoms with Crippen LogP contribution in [0.4, 0.5) is 4.39 Å². The number of aromatic nitrogens is 1. The molecule has 25 heavy (non-hydrogen) atoms. The molecule has 2 rings (SSSR count). The quantitative estimate of drug-likeness (QED) is 0.299. The predicted molar refractivity (Wildman–Crippen MR) is 110 cm³/mol. The summed E-state index contributed by atoms with van der Waals surface area (Å²) in [5, 5.41) is 3.27. The maximum absolute atomic E-state index is 13.1. The van der Waals surface area contributed by atoms with Gasteiger partial charge >= 0.3 is 0 Å². The van der Waals surface area contributed by atoms with Crippen molar-refractivity contribution in [2.45, 2.75) is 13.5 Å². The standard InChI is InChI=1S/C18H25FN4O.HI/c1-4-20-18(23(3)14-16-8-6-11-22(16)2)21-10-12-24-17-9-5-7-15(19)13-17;/h5-9,11,13H,4,10,12,14H2,1-3H3,(H,20,21);1H. The number of rotatable bonds is 7. The van der Waals surface area contributed by atoms with Gasteiger partial charge in [0.15, 0.2) is 5.96 Å². The minimum Gasteiger partial charge on any atom is -0.492 e. The maximum atomic E-state index is 13.1. The second kappa shape index (κ2) is 11.0. The number of hydrogen-bond donors (Lipinski definition) is 1. The van der Waals surface area contributed by atoms with Crippen LogP contribution < -0.4 is 10.1 Å². The minimum absolute atomic E-state index is 0. The van der Waals surface area contributed by atoms with Gasteiger partial charge in [0.2, 0.25) is 0 Å². The van der Waals surface area contributed by atoms with Crippen molar-refractivity contribution in [1.82, 2.24) is 14.8 Å². The van der Waals surface area contributed by atoms with Crippen LogP contribution in [0.1, 0.15) is 12.6 Å². The topological polar surface area (TPSA) is 41.8 Å². The minimum atomic E-state index is -0.299. The Kier molecular flexibility index (Phi) is 9.33. The molecule has 0 aliphatic heterocycles. The molecular formula is C18H26FIN4O. The molecule has 0 bridgehead atoms. The van der Waals surface area contributed by atoms with Gasteiger partial charge in [0, 0.05) is 38.6 Å². The van der Waals surface area contributed by atoms with Gasteiger partial charge in [-0.3, -0.25) is 0 Å². The molecule has 0 saturated carbocycles. The van der Waals surface area contributed by atoms with E-state index in [0.29, 0.717) is 18.9 Å². The molecule has 1 aromatic carbocycles. The molecule has 0 aliphatic rings. The molecule has 0 spiro atoms. The molecule has 5 nitrogen and oxygen atoms in total. The van der Waals surface area contributed by atoms with E-state index in [4.69, 9.17) is 4.74 Å². The molecule has 138 valence electrons. The normalized spacial score (nSPS) is 11.0. The number of nitrogens with one attached hydrogen (secondary N) is 1. The number of halogens is 2. The van der Waals surface area contributed by atoms with Crippen molar-refractivity contribution in [1.29, 1.82) is 0 Å². The first-order chi connectivity index (χ1) is 11.6. The van der Waals surface area contributed by atoms with E-state index in [1.165, 1.54) is 17.8 Å². The van der Waals surface area contributed by atoms with E-state index in [2.05, 4.69) is 25.8 Å². The zero-order chi connectivity index (χ0) is 17.4. The fourth-order valence-electron chi connectivity index (χ4n) is 2.32. The number of nitrogens with zero attached hydrogens (tertiary/aromatic N) is 3. The molecule has 1 aromatic heterocycles. The second-order valence-electron chi connectivity index (χ2n) is 5.51. The molecule has 1 N–H and O–H groups in total. The molecule has 0 fully saturated rings. The molecule has 1 heterocycles. The second-order valence-corrected chi connectivity index (χ2v) is 5.51. The number of guanidine groups is 1. The Morgan fingerprint density at radius 3 is 2.76 bits per heavy atom. The highest BCUT2D eigenvalue weighted by atomic mass is 127. The highest BCUT2D eigenvalue weighted by Crippen LogP contribution is 2.11. The van der Waals surface area contributed by atoms with Crippen LogP contribution >= 0.6 is 24.0 Å². The van der Waals surface area contributed by atoms with Crippen molar-refractivity contribution in [3.63, 3.8) is 0 Å². The molecule has 2 aromatic rings. The lowest BCUT2D eigenvalue weighted by molar-refractivity contribution is 0.325.